The van der Waals surface area contributed by atoms with Gasteiger partial charge in [0.15, 0.2) is 11.5 Å². The molecule has 1 aliphatic rings. The molecular weight excluding hydrogens is 336 g/mol. The number of carbonyl (C=O) groups is 1. The lowest BCUT2D eigenvalue weighted by molar-refractivity contribution is -0.131. The van der Waals surface area contributed by atoms with Gasteiger partial charge in [-0.2, -0.15) is 0 Å². The van der Waals surface area contributed by atoms with Crippen LogP contribution in [0.15, 0.2) is 16.6 Å². The van der Waals surface area contributed by atoms with E-state index in [1.54, 1.807) is 6.07 Å². The zero-order chi connectivity index (χ0) is 15.4. The van der Waals surface area contributed by atoms with E-state index < -0.39 is 0 Å². The number of nitrogens with zero attached hydrogens (tertiary/aromatic N) is 2. The molecule has 1 amide bonds. The van der Waals surface area contributed by atoms with Crippen molar-refractivity contribution in [1.29, 1.82) is 0 Å². The smallest absolute Gasteiger partial charge is 0.236 e. The van der Waals surface area contributed by atoms with E-state index in [-0.39, 0.29) is 11.7 Å². The lowest BCUT2D eigenvalue weighted by atomic mass is 10.2. The summed E-state index contributed by atoms with van der Waals surface area (Å²) in [6, 6.07) is 3.63. The first-order chi connectivity index (χ1) is 10.0. The van der Waals surface area contributed by atoms with E-state index in [2.05, 4.69) is 15.9 Å². The van der Waals surface area contributed by atoms with Crippen LogP contribution in [0.4, 0.5) is 0 Å². The zero-order valence-corrected chi connectivity index (χ0v) is 14.0. The van der Waals surface area contributed by atoms with Crippen LogP contribution in [-0.4, -0.2) is 54.6 Å². The Morgan fingerprint density at radius 2 is 2.10 bits per heavy atom. The minimum Gasteiger partial charge on any atom is -0.503 e. The molecule has 0 spiro atoms. The molecule has 0 aromatic heterocycles. The van der Waals surface area contributed by atoms with Crippen LogP contribution < -0.4 is 4.74 Å². The monoisotopic (exact) mass is 356 g/mol. The van der Waals surface area contributed by atoms with Gasteiger partial charge < -0.3 is 14.7 Å². The summed E-state index contributed by atoms with van der Waals surface area (Å²) in [5.74, 6) is 0.704. The van der Waals surface area contributed by atoms with Gasteiger partial charge in [-0.25, -0.2) is 0 Å². The number of rotatable bonds is 5. The van der Waals surface area contributed by atoms with E-state index >= 15 is 0 Å². The van der Waals surface area contributed by atoms with Gasteiger partial charge in [0.1, 0.15) is 0 Å². The van der Waals surface area contributed by atoms with Crippen LogP contribution in [0.5, 0.6) is 11.5 Å². The molecule has 0 radical (unpaired) electrons. The number of likely N-dealkylation sites (N-methyl/N-ethyl adjacent to an activating group) is 1. The standard InChI is InChI=1S/C15H21BrN2O3/c1-17(10-14(19)18-5-3-4-6-18)9-11-7-12(16)15(20)13(8-11)21-2/h7-8,20H,3-6,9-10H2,1-2H3. The first-order valence-electron chi connectivity index (χ1n) is 7.03. The number of likely N-dealkylation sites (tertiary alicyclic amines) is 1. The maximum Gasteiger partial charge on any atom is 0.236 e. The van der Waals surface area contributed by atoms with Gasteiger partial charge in [-0.1, -0.05) is 0 Å². The quantitative estimate of drug-likeness (QED) is 0.878. The Labute approximate surface area is 133 Å². The molecule has 116 valence electrons. The highest BCUT2D eigenvalue weighted by atomic mass is 79.9. The van der Waals surface area contributed by atoms with Gasteiger partial charge in [-0.05, 0) is 53.5 Å². The third-order valence-electron chi connectivity index (χ3n) is 3.62. The molecule has 2 rings (SSSR count). The van der Waals surface area contributed by atoms with Crippen molar-refractivity contribution >= 4 is 21.8 Å². The van der Waals surface area contributed by atoms with E-state index in [0.717, 1.165) is 31.5 Å². The second kappa shape index (κ2) is 7.13. The first-order valence-corrected chi connectivity index (χ1v) is 7.82. The summed E-state index contributed by atoms with van der Waals surface area (Å²) < 4.78 is 5.73. The topological polar surface area (TPSA) is 53.0 Å². The van der Waals surface area contributed by atoms with E-state index in [4.69, 9.17) is 4.74 Å². The van der Waals surface area contributed by atoms with E-state index in [9.17, 15) is 9.90 Å². The molecule has 1 fully saturated rings. The fourth-order valence-electron chi connectivity index (χ4n) is 2.54. The number of methoxy groups -OCH3 is 1. The van der Waals surface area contributed by atoms with Crippen molar-refractivity contribution in [2.45, 2.75) is 19.4 Å². The SMILES string of the molecule is COc1cc(CN(C)CC(=O)N2CCCC2)cc(Br)c1O. The molecule has 1 saturated heterocycles. The Balaban J connectivity index is 1.97. The normalized spacial score (nSPS) is 14.8. The molecule has 0 bridgehead atoms. The Bertz CT molecular complexity index is 516. The van der Waals surface area contributed by atoms with Crippen LogP contribution in [-0.2, 0) is 11.3 Å². The Kier molecular flexibility index (Phi) is 5.47. The van der Waals surface area contributed by atoms with Crippen molar-refractivity contribution in [2.75, 3.05) is 33.8 Å². The van der Waals surface area contributed by atoms with Crippen LogP contribution >= 0.6 is 15.9 Å². The second-order valence-electron chi connectivity index (χ2n) is 5.39. The number of aromatic hydroxyl groups is 1. The van der Waals surface area contributed by atoms with Crippen molar-refractivity contribution in [3.05, 3.63) is 22.2 Å². The van der Waals surface area contributed by atoms with Crippen molar-refractivity contribution in [3.63, 3.8) is 0 Å². The summed E-state index contributed by atoms with van der Waals surface area (Å²) in [5.41, 5.74) is 0.980. The lowest BCUT2D eigenvalue weighted by Crippen LogP contribution is -2.36. The number of hydrogen-bond acceptors (Lipinski definition) is 4. The van der Waals surface area contributed by atoms with Crippen molar-refractivity contribution in [2.24, 2.45) is 0 Å². The maximum absolute atomic E-state index is 12.1. The molecule has 0 atom stereocenters. The molecule has 21 heavy (non-hydrogen) atoms. The Morgan fingerprint density at radius 3 is 2.71 bits per heavy atom. The summed E-state index contributed by atoms with van der Waals surface area (Å²) in [7, 11) is 3.44. The number of phenols is 1. The van der Waals surface area contributed by atoms with Gasteiger partial charge >= 0.3 is 0 Å². The number of ether oxygens (including phenoxy) is 1. The molecule has 6 heteroatoms. The molecule has 1 aliphatic heterocycles. The van der Waals surface area contributed by atoms with Crippen LogP contribution in [0, 0.1) is 0 Å². The molecule has 0 unspecified atom stereocenters. The van der Waals surface area contributed by atoms with Crippen LogP contribution in [0.2, 0.25) is 0 Å². The predicted octanol–water partition coefficient (Wildman–Crippen LogP) is 2.22. The Morgan fingerprint density at radius 1 is 1.43 bits per heavy atom. The van der Waals surface area contributed by atoms with Gasteiger partial charge in [-0.15, -0.1) is 0 Å². The van der Waals surface area contributed by atoms with Crippen molar-refractivity contribution in [3.8, 4) is 11.5 Å². The third-order valence-corrected chi connectivity index (χ3v) is 4.23. The minimum absolute atomic E-state index is 0.0945. The summed E-state index contributed by atoms with van der Waals surface area (Å²) in [5, 5.41) is 9.80. The summed E-state index contributed by atoms with van der Waals surface area (Å²) >= 11 is 3.31. The summed E-state index contributed by atoms with van der Waals surface area (Å²) in [6.07, 6.45) is 2.22. The molecule has 0 aliphatic carbocycles. The van der Waals surface area contributed by atoms with Gasteiger partial charge in [0.2, 0.25) is 5.91 Å². The second-order valence-corrected chi connectivity index (χ2v) is 6.24. The molecule has 1 N–H and O–H groups in total. The number of halogens is 1. The van der Waals surface area contributed by atoms with Gasteiger partial charge in [0.05, 0.1) is 18.1 Å². The largest absolute Gasteiger partial charge is 0.503 e. The average Bonchev–Trinajstić information content (AvgIpc) is 2.96. The molecule has 5 nitrogen and oxygen atoms in total. The highest BCUT2D eigenvalue weighted by molar-refractivity contribution is 9.10. The van der Waals surface area contributed by atoms with E-state index in [1.807, 2.05) is 22.9 Å². The highest BCUT2D eigenvalue weighted by Gasteiger charge is 2.19. The van der Waals surface area contributed by atoms with E-state index in [1.165, 1.54) is 7.11 Å². The third kappa shape index (κ3) is 4.11. The number of benzene rings is 1. The molecule has 1 aromatic rings. The average molecular weight is 357 g/mol. The number of hydrogen-bond donors (Lipinski definition) is 1. The number of amides is 1. The first kappa shape index (κ1) is 16.1. The zero-order valence-electron chi connectivity index (χ0n) is 12.4. The van der Waals surface area contributed by atoms with Crippen LogP contribution in [0.3, 0.4) is 0 Å². The molecular formula is C15H21BrN2O3. The fraction of sp³-hybridized carbons (Fsp3) is 0.533. The van der Waals surface area contributed by atoms with Gasteiger partial charge in [0, 0.05) is 19.6 Å². The van der Waals surface area contributed by atoms with Crippen molar-refractivity contribution < 1.29 is 14.6 Å². The van der Waals surface area contributed by atoms with Crippen molar-refractivity contribution in [1.82, 2.24) is 9.80 Å². The molecule has 1 aromatic carbocycles. The number of phenolic OH excluding ortho intramolecular Hbond substituents is 1. The van der Waals surface area contributed by atoms with Crippen LogP contribution in [0.1, 0.15) is 18.4 Å². The number of carbonyl (C=O) groups excluding carboxylic acids is 1. The predicted molar refractivity (Wildman–Crippen MR) is 84.5 cm³/mol. The Hall–Kier alpha value is -1.27. The highest BCUT2D eigenvalue weighted by Crippen LogP contribution is 2.35. The molecule has 0 saturated carbocycles. The van der Waals surface area contributed by atoms with Gasteiger partial charge in [0.25, 0.3) is 0 Å². The summed E-state index contributed by atoms with van der Waals surface area (Å²) in [4.78, 5) is 16.0. The van der Waals surface area contributed by atoms with Crippen LogP contribution in [0.25, 0.3) is 0 Å². The summed E-state index contributed by atoms with van der Waals surface area (Å²) in [6.45, 7) is 2.78. The minimum atomic E-state index is 0.0945. The maximum atomic E-state index is 12.1. The van der Waals surface area contributed by atoms with E-state index in [0.29, 0.717) is 23.3 Å². The van der Waals surface area contributed by atoms with Gasteiger partial charge in [-0.3, -0.25) is 9.69 Å². The molecule has 1 heterocycles. The fourth-order valence-corrected chi connectivity index (χ4v) is 3.03. The lowest BCUT2D eigenvalue weighted by Gasteiger charge is -2.21.